The number of unbranched alkanes of at least 4 members (excludes halogenated alkanes) is 3. The molecule has 540 valence electrons. The van der Waals surface area contributed by atoms with Gasteiger partial charge in [0.2, 0.25) is 0 Å². The number of fused-ring (bicyclic) bond motifs is 3. The number of carboxylic acids is 2. The van der Waals surface area contributed by atoms with Crippen LogP contribution in [0.15, 0.2) is 164 Å². The van der Waals surface area contributed by atoms with Gasteiger partial charge >= 0.3 is 11.9 Å². The molecule has 19 heteroatoms. The number of pyridine rings is 3. The summed E-state index contributed by atoms with van der Waals surface area (Å²) in [4.78, 5) is 69.4. The van der Waals surface area contributed by atoms with Crippen molar-refractivity contribution >= 4 is 89.0 Å². The van der Waals surface area contributed by atoms with Crippen molar-refractivity contribution in [3.05, 3.63) is 198 Å². The number of carboxylic acid groups (broad SMARTS) is 2. The minimum absolute atomic E-state index is 0.0497. The van der Waals surface area contributed by atoms with Crippen LogP contribution in [-0.4, -0.2) is 117 Å². The van der Waals surface area contributed by atoms with Gasteiger partial charge in [-0.2, -0.15) is 16.1 Å². The number of aromatic nitrogens is 3. The lowest BCUT2D eigenvalue weighted by Crippen LogP contribution is -2.41. The molecule has 0 atom stereocenters. The van der Waals surface area contributed by atoms with Crippen LogP contribution >= 0.6 is 11.1 Å². The minimum Gasteiger partial charge on any atom is -0.481 e. The van der Waals surface area contributed by atoms with Gasteiger partial charge in [-0.3, -0.25) is 44.1 Å². The number of aliphatic hydroxyl groups excluding tert-OH is 2. The first-order valence-electron chi connectivity index (χ1n) is 35.0. The van der Waals surface area contributed by atoms with Gasteiger partial charge in [-0.05, 0) is 129 Å². The quantitative estimate of drug-likeness (QED) is 0.0114. The third kappa shape index (κ3) is 25.1. The number of carbonyl (C=O) groups excluding carboxylic acids is 3. The molecule has 0 spiro atoms. The van der Waals surface area contributed by atoms with Crippen molar-refractivity contribution < 1.29 is 54.0 Å². The molecule has 10 rings (SSSR count). The van der Waals surface area contributed by atoms with Crippen molar-refractivity contribution in [2.75, 3.05) is 26.4 Å². The number of nitrogens with two attached hydrogens (primary N) is 1. The van der Waals surface area contributed by atoms with Crippen LogP contribution in [0.2, 0.25) is 36.3 Å². The summed E-state index contributed by atoms with van der Waals surface area (Å²) in [5.41, 5.74) is 19.3. The molecule has 1 aliphatic heterocycles. The maximum Gasteiger partial charge on any atom is 0.307 e. The highest BCUT2D eigenvalue weighted by molar-refractivity contribution is 7.20. The average Bonchev–Trinajstić information content (AvgIpc) is 0.971. The van der Waals surface area contributed by atoms with Gasteiger partial charge < -0.3 is 30.6 Å². The smallest absolute Gasteiger partial charge is 0.307 e. The molecule has 0 unspecified atom stereocenters. The lowest BCUT2D eigenvalue weighted by Gasteiger charge is -2.36. The van der Waals surface area contributed by atoms with Crippen LogP contribution in [0, 0.1) is 0 Å². The van der Waals surface area contributed by atoms with Crippen molar-refractivity contribution in [1.29, 1.82) is 0 Å². The van der Waals surface area contributed by atoms with Crippen molar-refractivity contribution in [3.8, 4) is 33.4 Å². The molecule has 3 aromatic heterocycles. The van der Waals surface area contributed by atoms with Gasteiger partial charge in [-0.25, -0.2) is 0 Å². The van der Waals surface area contributed by atoms with Crippen LogP contribution in [0.3, 0.4) is 0 Å². The van der Waals surface area contributed by atoms with Crippen LogP contribution in [0.5, 0.6) is 0 Å². The van der Waals surface area contributed by atoms with Crippen molar-refractivity contribution in [1.82, 2.24) is 20.0 Å². The topological polar surface area (TPSA) is 264 Å². The summed E-state index contributed by atoms with van der Waals surface area (Å²) < 4.78 is 6.37. The number of carbonyl (C=O) groups is 5. The summed E-state index contributed by atoms with van der Waals surface area (Å²) in [6, 6.07) is 48.0. The Labute approximate surface area is 604 Å². The fourth-order valence-electron chi connectivity index (χ4n) is 10.7. The highest BCUT2D eigenvalue weighted by Crippen LogP contribution is 2.40. The molecule has 4 heterocycles. The van der Waals surface area contributed by atoms with Gasteiger partial charge in [-0.1, -0.05) is 233 Å². The molecule has 2 amide bonds. The number of hydroxylamine groups is 2. The average molecular weight is 1430 g/mol. The molecule has 0 aliphatic carbocycles. The molecule has 0 bridgehead atoms. The lowest BCUT2D eigenvalue weighted by atomic mass is 9.92. The molecular formula is C82H106ClN5O11Si2. The molecule has 1 aliphatic rings. The van der Waals surface area contributed by atoms with E-state index in [9.17, 15) is 44.4 Å². The van der Waals surface area contributed by atoms with E-state index in [-0.39, 0.29) is 54.8 Å². The zero-order valence-corrected chi connectivity index (χ0v) is 64.0. The number of rotatable bonds is 23. The van der Waals surface area contributed by atoms with Crippen LogP contribution in [0.25, 0.3) is 66.1 Å². The minimum atomic E-state index is -1.80. The number of ketones is 1. The Balaban J connectivity index is 0.000000239. The van der Waals surface area contributed by atoms with Crippen LogP contribution < -0.4 is 5.73 Å². The second-order valence-electron chi connectivity index (χ2n) is 28.1. The number of aliphatic carboxylic acids is 2. The molecule has 6 aromatic carbocycles. The van der Waals surface area contributed by atoms with E-state index in [4.69, 9.17) is 26.4 Å². The summed E-state index contributed by atoms with van der Waals surface area (Å²) in [5.74, 6) is -2.47. The van der Waals surface area contributed by atoms with Crippen LogP contribution in [-0.2, 0) is 66.9 Å². The largest absolute Gasteiger partial charge is 0.481 e. The van der Waals surface area contributed by atoms with E-state index in [1.54, 1.807) is 12.4 Å². The van der Waals surface area contributed by atoms with E-state index in [2.05, 4.69) is 121 Å². The van der Waals surface area contributed by atoms with E-state index in [1.165, 1.54) is 12.8 Å². The zero-order chi connectivity index (χ0) is 74.5. The van der Waals surface area contributed by atoms with Gasteiger partial charge in [0.05, 0.1) is 29.4 Å². The number of hydrogen-bond acceptors (Lipinski definition) is 13. The van der Waals surface area contributed by atoms with E-state index in [0.717, 1.165) is 126 Å². The van der Waals surface area contributed by atoms with Gasteiger partial charge in [0.25, 0.3) is 11.8 Å². The van der Waals surface area contributed by atoms with Crippen molar-refractivity contribution in [3.63, 3.8) is 0 Å². The number of imide groups is 1. The highest BCUT2D eigenvalue weighted by Gasteiger charge is 2.37. The molecule has 1 fully saturated rings. The second kappa shape index (κ2) is 40.5. The van der Waals surface area contributed by atoms with E-state index in [0.29, 0.717) is 42.9 Å². The Morgan fingerprint density at radius 1 is 0.505 bits per heavy atom. The SMILES string of the molecule is CC(C)(C)[Si](C)(C)Cl.CC(C)(C)[Si](C)(C)OCCc1cccc2c(-c3ccccc3)c(CC(=O)O)cnc12.CCCCCC(=O)Cc1cnc2c(CCO)cccc2c1-c1ccccc1.CCCCN.O=C(O)Cc1cnc2c(CCO)cccc2c1-c1ccccc1.O=C1CCC(=O)N1O. The van der Waals surface area contributed by atoms with Gasteiger partial charge in [0.1, 0.15) is 5.78 Å². The van der Waals surface area contributed by atoms with Gasteiger partial charge in [-0.15, -0.1) is 0 Å². The summed E-state index contributed by atoms with van der Waals surface area (Å²) >= 11 is 6.15. The Bertz CT molecular complexity index is 4110. The predicted octanol–water partition coefficient (Wildman–Crippen LogP) is 17.8. The number of hydrogen-bond donors (Lipinski definition) is 6. The summed E-state index contributed by atoms with van der Waals surface area (Å²) in [7, 11) is -3.19. The number of Topliss-reactive ketones (excluding diaryl/α,β-unsaturated/α-hetero) is 1. The fourth-order valence-corrected chi connectivity index (χ4v) is 11.7. The molecule has 1 saturated heterocycles. The van der Waals surface area contributed by atoms with Crippen molar-refractivity contribution in [2.45, 2.75) is 182 Å². The normalized spacial score (nSPS) is 12.2. The van der Waals surface area contributed by atoms with Gasteiger partial charge in [0.15, 0.2) is 15.7 Å². The maximum atomic E-state index is 12.5. The molecule has 0 radical (unpaired) electrons. The highest BCUT2D eigenvalue weighted by atomic mass is 35.6. The van der Waals surface area contributed by atoms with Crippen molar-refractivity contribution in [2.24, 2.45) is 5.73 Å². The number of para-hydroxylation sites is 3. The second-order valence-corrected chi connectivity index (χ2v) is 40.2. The molecule has 101 heavy (non-hydrogen) atoms. The lowest BCUT2D eigenvalue weighted by molar-refractivity contribution is -0.171. The number of halogens is 1. The van der Waals surface area contributed by atoms with Crippen LogP contribution in [0.4, 0.5) is 0 Å². The van der Waals surface area contributed by atoms with Gasteiger partial charge in [0, 0.05) is 80.3 Å². The Kier molecular flexibility index (Phi) is 33.4. The first kappa shape index (κ1) is 83.5. The molecule has 9 aromatic rings. The first-order valence-corrected chi connectivity index (χ1v) is 41.9. The maximum absolute atomic E-state index is 12.5. The Morgan fingerprint density at radius 2 is 0.851 bits per heavy atom. The standard InChI is InChI=1S/C25H31NO3Si.C24H27NO2.C19H17NO3.C6H15ClSi.C4H5NO3.C4H11N/c1-25(2,3)30(4,5)29-15-14-19-12-9-13-21-23(18-10-7-6-8-11-18)20(16-22(27)28)17-26-24(19)21;1-2-3-5-12-21(27)16-20-17-25-24-19(14-15-26)11-8-13-22(24)23(20)18-9-6-4-7-10-18;21-10-9-14-7-4-8-16-18(13-5-2-1-3-6-13)15(11-17(22)23)12-20-19(14)16;1-6(2,3)8(4,5)7;6-3-1-2-4(7)5(3)8;1-2-3-4-5/h6-13,17H,14-16H2,1-5H3,(H,27,28);4,6-11,13,17,26H,2-3,5,12,14-16H2,1H3;1-8,12,21H,9-11H2,(H,22,23);1-5H3;8H,1-2H2;2-5H2,1H3. The number of benzene rings is 6. The van der Waals surface area contributed by atoms with E-state index >= 15 is 0 Å². The summed E-state index contributed by atoms with van der Waals surface area (Å²) in [5, 5.41) is 49.2. The molecule has 16 nitrogen and oxygen atoms in total. The molecule has 0 saturated carbocycles. The number of amides is 2. The Morgan fingerprint density at radius 3 is 1.13 bits per heavy atom. The van der Waals surface area contributed by atoms with E-state index < -0.39 is 39.5 Å². The number of nitrogens with zero attached hydrogens (tertiary/aromatic N) is 4. The Hall–Kier alpha value is -8.18. The summed E-state index contributed by atoms with van der Waals surface area (Å²) in [6.45, 7) is 28.1. The summed E-state index contributed by atoms with van der Waals surface area (Å²) in [6.07, 6.45) is 13.9. The van der Waals surface area contributed by atoms with E-state index in [1.807, 2.05) is 128 Å². The third-order valence-corrected chi connectivity index (χ3v) is 28.1. The molecule has 7 N–H and O–H groups in total. The monoisotopic (exact) mass is 1430 g/mol. The van der Waals surface area contributed by atoms with Crippen LogP contribution in [0.1, 0.15) is 140 Å². The number of aliphatic hydroxyl groups is 2. The molecular weight excluding hydrogens is 1320 g/mol. The zero-order valence-electron chi connectivity index (χ0n) is 61.2. The third-order valence-electron chi connectivity index (χ3n) is 18.3. The predicted molar refractivity (Wildman–Crippen MR) is 415 cm³/mol. The first-order chi connectivity index (χ1) is 47.9. The fraction of sp³-hybridized carbons (Fsp3) is 0.390.